The third kappa shape index (κ3) is 2.42. The van der Waals surface area contributed by atoms with Crippen LogP contribution >= 0.6 is 23.2 Å². The Hall–Kier alpha value is -0.510. The van der Waals surface area contributed by atoms with Crippen molar-refractivity contribution < 1.29 is 0 Å². The second-order valence-corrected chi connectivity index (χ2v) is 5.05. The quantitative estimate of drug-likeness (QED) is 0.904. The number of nitrogens with zero attached hydrogens (tertiary/aromatic N) is 2. The van der Waals surface area contributed by atoms with Crippen molar-refractivity contribution in [1.82, 2.24) is 4.98 Å². The van der Waals surface area contributed by atoms with Crippen LogP contribution in [0.15, 0.2) is 12.3 Å². The second-order valence-electron chi connectivity index (χ2n) is 4.21. The number of anilines is 1. The van der Waals surface area contributed by atoms with E-state index in [0.717, 1.165) is 5.82 Å². The summed E-state index contributed by atoms with van der Waals surface area (Å²) in [6.07, 6.45) is 4.11. The zero-order valence-electron chi connectivity index (χ0n) is 9.16. The molecule has 1 heterocycles. The molecular formula is C11H15Cl2N3. The van der Waals surface area contributed by atoms with Crippen LogP contribution < -0.4 is 10.6 Å². The van der Waals surface area contributed by atoms with E-state index in [9.17, 15) is 0 Å². The van der Waals surface area contributed by atoms with E-state index in [2.05, 4.69) is 9.88 Å². The van der Waals surface area contributed by atoms with Crippen LogP contribution in [-0.2, 0) is 0 Å². The van der Waals surface area contributed by atoms with E-state index in [1.165, 1.54) is 12.8 Å². The zero-order chi connectivity index (χ0) is 11.7. The molecule has 1 fully saturated rings. The van der Waals surface area contributed by atoms with Crippen molar-refractivity contribution in [2.75, 3.05) is 18.5 Å². The molecule has 0 amide bonds. The van der Waals surface area contributed by atoms with Gasteiger partial charge in [-0.15, -0.1) is 0 Å². The average Bonchev–Trinajstić information content (AvgIpc) is 3.02. The molecular weight excluding hydrogens is 245 g/mol. The standard InChI is InChI=1S/C11H15Cl2N3/c1-16(10(5-14)7-2-3-7)11-9(13)4-8(12)6-15-11/h4,6-7,10H,2-3,5,14H2,1H3. The van der Waals surface area contributed by atoms with Crippen molar-refractivity contribution >= 4 is 29.0 Å². The lowest BCUT2D eigenvalue weighted by Gasteiger charge is -2.28. The molecule has 1 aromatic rings. The predicted molar refractivity (Wildman–Crippen MR) is 68.2 cm³/mol. The maximum atomic E-state index is 6.12. The fourth-order valence-electron chi connectivity index (χ4n) is 1.97. The Morgan fingerprint density at radius 3 is 2.75 bits per heavy atom. The Balaban J connectivity index is 2.21. The largest absolute Gasteiger partial charge is 0.354 e. The minimum absolute atomic E-state index is 0.325. The smallest absolute Gasteiger partial charge is 0.147 e. The van der Waals surface area contributed by atoms with Crippen LogP contribution in [0, 0.1) is 5.92 Å². The SMILES string of the molecule is CN(c1ncc(Cl)cc1Cl)C(CN)C1CC1. The normalized spacial score (nSPS) is 17.2. The topological polar surface area (TPSA) is 42.2 Å². The second kappa shape index (κ2) is 4.78. The van der Waals surface area contributed by atoms with E-state index in [1.807, 2.05) is 7.05 Å². The monoisotopic (exact) mass is 259 g/mol. The molecule has 0 spiro atoms. The van der Waals surface area contributed by atoms with Crippen LogP contribution in [0.25, 0.3) is 0 Å². The van der Waals surface area contributed by atoms with Crippen LogP contribution in [0.2, 0.25) is 10.0 Å². The highest BCUT2D eigenvalue weighted by Gasteiger charge is 2.33. The molecule has 1 atom stereocenters. The molecule has 1 aromatic heterocycles. The summed E-state index contributed by atoms with van der Waals surface area (Å²) in [5.41, 5.74) is 5.79. The van der Waals surface area contributed by atoms with E-state index in [4.69, 9.17) is 28.9 Å². The molecule has 1 aliphatic carbocycles. The van der Waals surface area contributed by atoms with E-state index in [0.29, 0.717) is 28.5 Å². The molecule has 3 nitrogen and oxygen atoms in total. The van der Waals surface area contributed by atoms with Gasteiger partial charge in [-0.1, -0.05) is 23.2 Å². The summed E-state index contributed by atoms with van der Waals surface area (Å²) in [5.74, 6) is 1.44. The number of aromatic nitrogens is 1. The third-order valence-electron chi connectivity index (χ3n) is 3.03. The number of hydrogen-bond acceptors (Lipinski definition) is 3. The van der Waals surface area contributed by atoms with E-state index in [1.54, 1.807) is 12.3 Å². The molecule has 2 N–H and O–H groups in total. The summed E-state index contributed by atoms with van der Waals surface area (Å²) < 4.78 is 0. The van der Waals surface area contributed by atoms with Gasteiger partial charge in [0.2, 0.25) is 0 Å². The zero-order valence-corrected chi connectivity index (χ0v) is 10.7. The highest BCUT2D eigenvalue weighted by Crippen LogP contribution is 2.37. The van der Waals surface area contributed by atoms with Crippen molar-refractivity contribution in [3.05, 3.63) is 22.3 Å². The fraction of sp³-hybridized carbons (Fsp3) is 0.545. The molecule has 0 aromatic carbocycles. The first kappa shape index (κ1) is 12.0. The lowest BCUT2D eigenvalue weighted by molar-refractivity contribution is 0.566. The predicted octanol–water partition coefficient (Wildman–Crippen LogP) is 2.56. The molecule has 1 saturated carbocycles. The van der Waals surface area contributed by atoms with Gasteiger partial charge in [0, 0.05) is 25.8 Å². The molecule has 0 aliphatic heterocycles. The van der Waals surface area contributed by atoms with Crippen molar-refractivity contribution in [3.63, 3.8) is 0 Å². The maximum absolute atomic E-state index is 6.12. The molecule has 2 rings (SSSR count). The van der Waals surface area contributed by atoms with Gasteiger partial charge in [0.1, 0.15) is 5.82 Å². The van der Waals surface area contributed by atoms with Gasteiger partial charge < -0.3 is 10.6 Å². The van der Waals surface area contributed by atoms with E-state index < -0.39 is 0 Å². The van der Waals surface area contributed by atoms with E-state index >= 15 is 0 Å². The summed E-state index contributed by atoms with van der Waals surface area (Å²) in [7, 11) is 1.98. The van der Waals surface area contributed by atoms with Gasteiger partial charge in [-0.3, -0.25) is 0 Å². The molecule has 88 valence electrons. The maximum Gasteiger partial charge on any atom is 0.147 e. The number of halogens is 2. The minimum Gasteiger partial charge on any atom is -0.354 e. The minimum atomic E-state index is 0.325. The average molecular weight is 260 g/mol. The number of pyridine rings is 1. The molecule has 5 heteroatoms. The summed E-state index contributed by atoms with van der Waals surface area (Å²) in [6.45, 7) is 0.627. The van der Waals surface area contributed by atoms with Gasteiger partial charge in [-0.2, -0.15) is 0 Å². The highest BCUT2D eigenvalue weighted by atomic mass is 35.5. The van der Waals surface area contributed by atoms with Gasteiger partial charge in [0.05, 0.1) is 10.0 Å². The molecule has 0 bridgehead atoms. The number of nitrogens with two attached hydrogens (primary N) is 1. The third-order valence-corrected chi connectivity index (χ3v) is 3.51. The molecule has 1 unspecified atom stereocenters. The van der Waals surface area contributed by atoms with Crippen LogP contribution in [0.1, 0.15) is 12.8 Å². The van der Waals surface area contributed by atoms with Gasteiger partial charge in [0.25, 0.3) is 0 Å². The van der Waals surface area contributed by atoms with E-state index in [-0.39, 0.29) is 0 Å². The summed E-state index contributed by atoms with van der Waals surface area (Å²) in [5, 5.41) is 1.13. The summed E-state index contributed by atoms with van der Waals surface area (Å²) >= 11 is 11.9. The number of likely N-dealkylation sites (N-methyl/N-ethyl adjacent to an activating group) is 1. The van der Waals surface area contributed by atoms with Crippen LogP contribution in [0.4, 0.5) is 5.82 Å². The number of hydrogen-bond donors (Lipinski definition) is 1. The summed E-state index contributed by atoms with van der Waals surface area (Å²) in [6, 6.07) is 2.04. The fourth-order valence-corrected chi connectivity index (χ4v) is 2.49. The number of rotatable bonds is 4. The first-order valence-corrected chi connectivity index (χ1v) is 6.13. The lowest BCUT2D eigenvalue weighted by atomic mass is 10.1. The molecule has 16 heavy (non-hydrogen) atoms. The first-order chi connectivity index (χ1) is 7.63. The Labute approximate surface area is 106 Å². The Kier molecular flexibility index (Phi) is 3.57. The molecule has 0 radical (unpaired) electrons. The van der Waals surface area contributed by atoms with Crippen LogP contribution in [0.3, 0.4) is 0 Å². The Morgan fingerprint density at radius 2 is 2.25 bits per heavy atom. The van der Waals surface area contributed by atoms with Gasteiger partial charge in [-0.05, 0) is 24.8 Å². The van der Waals surface area contributed by atoms with Crippen molar-refractivity contribution in [2.24, 2.45) is 11.7 Å². The molecule has 0 saturated heterocycles. The van der Waals surface area contributed by atoms with Gasteiger partial charge in [0.15, 0.2) is 0 Å². The first-order valence-electron chi connectivity index (χ1n) is 5.37. The highest BCUT2D eigenvalue weighted by molar-refractivity contribution is 6.36. The van der Waals surface area contributed by atoms with Crippen LogP contribution in [0.5, 0.6) is 0 Å². The summed E-state index contributed by atoms with van der Waals surface area (Å²) in [4.78, 5) is 6.33. The van der Waals surface area contributed by atoms with Crippen molar-refractivity contribution in [2.45, 2.75) is 18.9 Å². The van der Waals surface area contributed by atoms with Crippen molar-refractivity contribution in [1.29, 1.82) is 0 Å². The molecule has 1 aliphatic rings. The Morgan fingerprint density at radius 1 is 1.56 bits per heavy atom. The van der Waals surface area contributed by atoms with Gasteiger partial charge >= 0.3 is 0 Å². The Bertz CT molecular complexity index is 379. The lowest BCUT2D eigenvalue weighted by Crippen LogP contribution is -2.40. The van der Waals surface area contributed by atoms with Gasteiger partial charge in [-0.25, -0.2) is 4.98 Å². The van der Waals surface area contributed by atoms with Crippen LogP contribution in [-0.4, -0.2) is 24.6 Å². The van der Waals surface area contributed by atoms with Crippen molar-refractivity contribution in [3.8, 4) is 0 Å².